The van der Waals surface area contributed by atoms with Gasteiger partial charge in [0.05, 0.1) is 16.9 Å². The zero-order valence-electron chi connectivity index (χ0n) is 22.8. The molecular weight excluding hydrogens is 519 g/mol. The number of benzene rings is 3. The molecule has 0 saturated heterocycles. The van der Waals surface area contributed by atoms with Crippen LogP contribution in [-0.2, 0) is 12.8 Å². The van der Waals surface area contributed by atoms with E-state index in [0.717, 1.165) is 41.1 Å². The number of anilines is 3. The highest BCUT2D eigenvalue weighted by Gasteiger charge is 2.33. The van der Waals surface area contributed by atoms with E-state index in [1.54, 1.807) is 23.1 Å². The molecule has 1 atom stereocenters. The second kappa shape index (κ2) is 10.3. The Hall–Kier alpha value is -3.35. The number of carbonyl (C=O) groups is 1. The normalized spacial score (nSPS) is 16.5. The smallest absolute Gasteiger partial charge is 0.259 e. The zero-order chi connectivity index (χ0) is 27.1. The summed E-state index contributed by atoms with van der Waals surface area (Å²) in [6.07, 6.45) is 4.94. The molecule has 0 fully saturated rings. The lowest BCUT2D eigenvalue weighted by molar-refractivity contribution is 0.102. The van der Waals surface area contributed by atoms with E-state index in [2.05, 4.69) is 80.5 Å². The molecule has 1 N–H and O–H groups in total. The summed E-state index contributed by atoms with van der Waals surface area (Å²) < 4.78 is 0. The van der Waals surface area contributed by atoms with E-state index < -0.39 is 0 Å². The Morgan fingerprint density at radius 1 is 1.00 bits per heavy atom. The number of amides is 1. The second-order valence-electron chi connectivity index (χ2n) is 11.4. The predicted octanol–water partition coefficient (Wildman–Crippen LogP) is 9.13. The van der Waals surface area contributed by atoms with Gasteiger partial charge < -0.3 is 10.2 Å². The van der Waals surface area contributed by atoms with Gasteiger partial charge in [-0.15, -0.1) is 11.3 Å². The largest absolute Gasteiger partial charge is 0.343 e. The van der Waals surface area contributed by atoms with Crippen molar-refractivity contribution in [1.29, 1.82) is 0 Å². The van der Waals surface area contributed by atoms with Gasteiger partial charge in [0.25, 0.3) is 5.91 Å². The summed E-state index contributed by atoms with van der Waals surface area (Å²) >= 11 is 3.48. The van der Waals surface area contributed by atoms with Crippen molar-refractivity contribution in [1.82, 2.24) is 0 Å². The molecule has 0 saturated carbocycles. The molecule has 2 heterocycles. The summed E-state index contributed by atoms with van der Waals surface area (Å²) in [5, 5.41) is 3.92. The van der Waals surface area contributed by atoms with Crippen LogP contribution in [0.4, 0.5) is 22.1 Å². The fraction of sp³-hybridized carbons (Fsp3) is 0.273. The summed E-state index contributed by atoms with van der Waals surface area (Å²) in [5.41, 5.74) is 6.41. The molecule has 1 amide bonds. The molecule has 1 aromatic heterocycles. The Balaban J connectivity index is 1.33. The van der Waals surface area contributed by atoms with Gasteiger partial charge in [0.15, 0.2) is 0 Å². The Bertz CT molecular complexity index is 1570. The lowest BCUT2D eigenvalue weighted by Crippen LogP contribution is -2.27. The van der Waals surface area contributed by atoms with Crippen molar-refractivity contribution in [3.63, 3.8) is 0 Å². The van der Waals surface area contributed by atoms with Gasteiger partial charge in [-0.25, -0.2) is 4.99 Å². The number of aliphatic imine (C=N–C) groups is 1. The van der Waals surface area contributed by atoms with Crippen LogP contribution < -0.4 is 10.2 Å². The van der Waals surface area contributed by atoms with Crippen molar-refractivity contribution in [2.45, 2.75) is 49.8 Å². The Kier molecular flexibility index (Phi) is 6.86. The molecule has 0 spiro atoms. The maximum absolute atomic E-state index is 13.6. The maximum Gasteiger partial charge on any atom is 0.259 e. The first-order valence-electron chi connectivity index (χ1n) is 13.5. The Morgan fingerprint density at radius 3 is 2.54 bits per heavy atom. The van der Waals surface area contributed by atoms with Crippen LogP contribution in [0.1, 0.15) is 53.6 Å². The zero-order valence-corrected chi connectivity index (χ0v) is 24.5. The van der Waals surface area contributed by atoms with E-state index in [0.29, 0.717) is 5.92 Å². The predicted molar refractivity (Wildman–Crippen MR) is 166 cm³/mol. The third-order valence-corrected chi connectivity index (χ3v) is 10.1. The molecule has 4 nitrogen and oxygen atoms in total. The summed E-state index contributed by atoms with van der Waals surface area (Å²) in [4.78, 5) is 24.6. The van der Waals surface area contributed by atoms with Crippen LogP contribution in [-0.4, -0.2) is 19.2 Å². The molecule has 6 rings (SSSR count). The molecule has 6 heteroatoms. The molecule has 1 aliphatic heterocycles. The van der Waals surface area contributed by atoms with Gasteiger partial charge in [-0.3, -0.25) is 4.79 Å². The van der Waals surface area contributed by atoms with Crippen LogP contribution in [0.2, 0.25) is 0 Å². The third kappa shape index (κ3) is 5.15. The first kappa shape index (κ1) is 25.9. The molecular formula is C33H33N3OS2. The van der Waals surface area contributed by atoms with Gasteiger partial charge in [-0.1, -0.05) is 68.9 Å². The van der Waals surface area contributed by atoms with Crippen LogP contribution in [0.25, 0.3) is 0 Å². The quantitative estimate of drug-likeness (QED) is 0.257. The van der Waals surface area contributed by atoms with Crippen LogP contribution in [0, 0.1) is 11.3 Å². The minimum atomic E-state index is -0.0701. The number of fused-ring (bicyclic) bond motifs is 3. The van der Waals surface area contributed by atoms with Crippen molar-refractivity contribution < 1.29 is 4.79 Å². The minimum absolute atomic E-state index is 0.0701. The van der Waals surface area contributed by atoms with Crippen LogP contribution in [0.5, 0.6) is 0 Å². The molecule has 4 aromatic rings. The monoisotopic (exact) mass is 551 g/mol. The average molecular weight is 552 g/mol. The number of thiophene rings is 1. The fourth-order valence-corrected chi connectivity index (χ4v) is 7.99. The van der Waals surface area contributed by atoms with Gasteiger partial charge in [-0.2, -0.15) is 0 Å². The molecule has 1 unspecified atom stereocenters. The third-order valence-electron chi connectivity index (χ3n) is 7.85. The maximum atomic E-state index is 13.6. The molecule has 2 aliphatic rings. The second-order valence-corrected chi connectivity index (χ2v) is 13.6. The van der Waals surface area contributed by atoms with Gasteiger partial charge in [-0.05, 0) is 78.1 Å². The highest BCUT2D eigenvalue weighted by atomic mass is 32.2. The van der Waals surface area contributed by atoms with E-state index in [-0.39, 0.29) is 11.3 Å². The first-order valence-corrected chi connectivity index (χ1v) is 15.1. The molecule has 0 radical (unpaired) electrons. The lowest BCUT2D eigenvalue weighted by atomic mass is 9.72. The van der Waals surface area contributed by atoms with Crippen LogP contribution in [0.15, 0.2) is 87.6 Å². The van der Waals surface area contributed by atoms with Crippen molar-refractivity contribution in [2.24, 2.45) is 16.3 Å². The van der Waals surface area contributed by atoms with Gasteiger partial charge in [0.1, 0.15) is 5.00 Å². The number of carbonyl (C=O) groups excluding carboxylic acids is 1. The van der Waals surface area contributed by atoms with Crippen LogP contribution >= 0.6 is 23.1 Å². The van der Waals surface area contributed by atoms with Gasteiger partial charge in [0.2, 0.25) is 0 Å². The number of rotatable bonds is 4. The number of hydrogen-bond donors (Lipinski definition) is 1. The summed E-state index contributed by atoms with van der Waals surface area (Å²) in [6.45, 7) is 6.97. The van der Waals surface area contributed by atoms with Crippen molar-refractivity contribution in [3.05, 3.63) is 94.4 Å². The summed E-state index contributed by atoms with van der Waals surface area (Å²) in [5.74, 6) is 0.530. The van der Waals surface area contributed by atoms with E-state index in [1.165, 1.54) is 31.6 Å². The average Bonchev–Trinajstić information content (AvgIpc) is 3.30. The summed E-state index contributed by atoms with van der Waals surface area (Å²) in [6, 6.07) is 24.6. The van der Waals surface area contributed by atoms with Crippen LogP contribution in [0.3, 0.4) is 0 Å². The highest BCUT2D eigenvalue weighted by Crippen LogP contribution is 2.48. The standard InChI is InChI=1S/C33H33N3OS2/c1-33(2,3)22-15-16-24-28(19-22)39-32(30(24)31(37)35-23-10-6-5-7-11-23)34-20-21-14-17-26-29(18-21)38-27-13-9-8-12-25(27)36(26)4/h5-14,17-18,20,22H,15-16,19H2,1-4H3,(H,35,37). The van der Waals surface area contributed by atoms with E-state index in [9.17, 15) is 4.79 Å². The topological polar surface area (TPSA) is 44.7 Å². The molecule has 1 aliphatic carbocycles. The molecule has 39 heavy (non-hydrogen) atoms. The number of hydrogen-bond acceptors (Lipinski definition) is 5. The highest BCUT2D eigenvalue weighted by molar-refractivity contribution is 7.99. The van der Waals surface area contributed by atoms with Gasteiger partial charge in [0, 0.05) is 33.6 Å². The van der Waals surface area contributed by atoms with Gasteiger partial charge >= 0.3 is 0 Å². The van der Waals surface area contributed by atoms with E-state index in [4.69, 9.17) is 4.99 Å². The molecule has 198 valence electrons. The lowest BCUT2D eigenvalue weighted by Gasteiger charge is -2.33. The van der Waals surface area contributed by atoms with Crippen molar-refractivity contribution >= 4 is 57.3 Å². The number of para-hydroxylation sites is 2. The number of nitrogens with zero attached hydrogens (tertiary/aromatic N) is 2. The fourth-order valence-electron chi connectivity index (χ4n) is 5.52. The Morgan fingerprint density at radius 2 is 1.74 bits per heavy atom. The first-order chi connectivity index (χ1) is 18.8. The molecule has 0 bridgehead atoms. The molecule has 3 aromatic carbocycles. The Labute approximate surface area is 239 Å². The summed E-state index contributed by atoms with van der Waals surface area (Å²) in [7, 11) is 2.11. The minimum Gasteiger partial charge on any atom is -0.343 e. The van der Waals surface area contributed by atoms with E-state index in [1.807, 2.05) is 36.5 Å². The number of nitrogens with one attached hydrogen (secondary N) is 1. The van der Waals surface area contributed by atoms with Crippen molar-refractivity contribution in [3.8, 4) is 0 Å². The SMILES string of the molecule is CN1c2ccccc2Sc2cc(C=Nc3sc4c(c3C(=O)Nc3ccccc3)CCC(C(C)(C)C)C4)ccc21. The van der Waals surface area contributed by atoms with E-state index >= 15 is 0 Å². The van der Waals surface area contributed by atoms with Crippen molar-refractivity contribution in [2.75, 3.05) is 17.3 Å².